The molecule has 1 aromatic carbocycles. The van der Waals surface area contributed by atoms with Gasteiger partial charge in [0.15, 0.2) is 0 Å². The van der Waals surface area contributed by atoms with Crippen molar-refractivity contribution in [3.63, 3.8) is 0 Å². The van der Waals surface area contributed by atoms with Crippen LogP contribution in [0.25, 0.3) is 0 Å². The van der Waals surface area contributed by atoms with Gasteiger partial charge in [0.1, 0.15) is 5.75 Å². The third-order valence-electron chi connectivity index (χ3n) is 4.91. The Morgan fingerprint density at radius 1 is 1.11 bits per heavy atom. The van der Waals surface area contributed by atoms with Gasteiger partial charge in [-0.25, -0.2) is 4.79 Å². The molecule has 7 nitrogen and oxygen atoms in total. The van der Waals surface area contributed by atoms with Crippen LogP contribution in [0, 0.1) is 0 Å². The number of likely N-dealkylation sites (N-methyl/N-ethyl adjacent to an activating group) is 1. The van der Waals surface area contributed by atoms with Crippen LogP contribution in [0.3, 0.4) is 0 Å². The molecule has 1 fully saturated rings. The lowest BCUT2D eigenvalue weighted by Crippen LogP contribution is -2.53. The third kappa shape index (κ3) is 4.82. The predicted octanol–water partition coefficient (Wildman–Crippen LogP) is 2.22. The maximum absolute atomic E-state index is 12.5. The van der Waals surface area contributed by atoms with E-state index < -0.39 is 0 Å². The maximum atomic E-state index is 12.5. The van der Waals surface area contributed by atoms with Crippen LogP contribution < -0.4 is 5.32 Å². The number of rotatable bonds is 5. The molecule has 150 valence electrons. The highest BCUT2D eigenvalue weighted by atomic mass is 32.1. The Morgan fingerprint density at radius 2 is 1.75 bits per heavy atom. The Labute approximate surface area is 169 Å². The first-order valence-corrected chi connectivity index (χ1v) is 10.1. The fourth-order valence-corrected chi connectivity index (χ4v) is 4.14. The molecule has 0 radical (unpaired) electrons. The molecule has 1 aliphatic heterocycles. The van der Waals surface area contributed by atoms with E-state index >= 15 is 0 Å². The van der Waals surface area contributed by atoms with Crippen molar-refractivity contribution in [2.24, 2.45) is 0 Å². The van der Waals surface area contributed by atoms with Gasteiger partial charge < -0.3 is 25.1 Å². The van der Waals surface area contributed by atoms with Crippen molar-refractivity contribution in [3.8, 4) is 5.75 Å². The van der Waals surface area contributed by atoms with Crippen molar-refractivity contribution in [1.82, 2.24) is 20.0 Å². The maximum Gasteiger partial charge on any atom is 0.317 e. The summed E-state index contributed by atoms with van der Waals surface area (Å²) in [5.41, 5.74) is 0.542. The summed E-state index contributed by atoms with van der Waals surface area (Å²) in [5.74, 6) is 0.0574. The van der Waals surface area contributed by atoms with E-state index in [0.29, 0.717) is 38.3 Å². The molecule has 1 atom stereocenters. The van der Waals surface area contributed by atoms with E-state index in [1.54, 1.807) is 33.3 Å². The number of amides is 3. The number of thiophene rings is 1. The molecule has 0 spiro atoms. The summed E-state index contributed by atoms with van der Waals surface area (Å²) in [6, 6.07) is 10.4. The van der Waals surface area contributed by atoms with Gasteiger partial charge in [-0.1, -0.05) is 6.07 Å². The second-order valence-electron chi connectivity index (χ2n) is 7.01. The average molecular weight is 403 g/mol. The first-order valence-electron chi connectivity index (χ1n) is 9.26. The summed E-state index contributed by atoms with van der Waals surface area (Å²) in [4.78, 5) is 31.9. The number of nitrogens with zero attached hydrogens (tertiary/aromatic N) is 3. The summed E-state index contributed by atoms with van der Waals surface area (Å²) < 4.78 is 0. The SMILES string of the molecule is CN(C)C(CNC(=O)N1CCN(C(=O)c2ccc(O)cc2)CC1)c1cccs1. The van der Waals surface area contributed by atoms with Crippen molar-refractivity contribution in [1.29, 1.82) is 0 Å². The van der Waals surface area contributed by atoms with Crippen LogP contribution in [0.15, 0.2) is 41.8 Å². The van der Waals surface area contributed by atoms with Gasteiger partial charge in [-0.2, -0.15) is 0 Å². The molecular formula is C20H26N4O3S. The molecular weight excluding hydrogens is 376 g/mol. The van der Waals surface area contributed by atoms with Crippen molar-refractivity contribution >= 4 is 23.3 Å². The highest BCUT2D eigenvalue weighted by molar-refractivity contribution is 7.10. The number of hydrogen-bond acceptors (Lipinski definition) is 5. The minimum Gasteiger partial charge on any atom is -0.508 e. The van der Waals surface area contributed by atoms with Crippen LogP contribution in [0.4, 0.5) is 4.79 Å². The van der Waals surface area contributed by atoms with Crippen LogP contribution in [-0.2, 0) is 0 Å². The van der Waals surface area contributed by atoms with Gasteiger partial charge in [-0.05, 0) is 49.8 Å². The molecule has 1 aromatic heterocycles. The fraction of sp³-hybridized carbons (Fsp3) is 0.400. The standard InChI is InChI=1S/C20H26N4O3S/c1-22(2)17(18-4-3-13-28-18)14-21-20(27)24-11-9-23(10-12-24)19(26)15-5-7-16(25)8-6-15/h3-8,13,17,25H,9-12,14H2,1-2H3,(H,21,27). The number of nitrogens with one attached hydrogen (secondary N) is 1. The van der Waals surface area contributed by atoms with Crippen molar-refractivity contribution < 1.29 is 14.7 Å². The van der Waals surface area contributed by atoms with Crippen LogP contribution >= 0.6 is 11.3 Å². The summed E-state index contributed by atoms with van der Waals surface area (Å²) in [6.45, 7) is 2.53. The molecule has 1 aliphatic rings. The fourth-order valence-electron chi connectivity index (χ4n) is 3.21. The largest absolute Gasteiger partial charge is 0.508 e. The lowest BCUT2D eigenvalue weighted by molar-refractivity contribution is 0.0664. The van der Waals surface area contributed by atoms with Gasteiger partial charge >= 0.3 is 6.03 Å². The predicted molar refractivity (Wildman–Crippen MR) is 110 cm³/mol. The molecule has 3 rings (SSSR count). The average Bonchev–Trinajstić information content (AvgIpc) is 3.22. The van der Waals surface area contributed by atoms with Gasteiger partial charge in [0.2, 0.25) is 0 Å². The number of carbonyl (C=O) groups is 2. The van der Waals surface area contributed by atoms with E-state index in [0.717, 1.165) is 0 Å². The quantitative estimate of drug-likeness (QED) is 0.804. The number of phenolic OH excluding ortho intramolecular Hbond substituents is 1. The van der Waals surface area contributed by atoms with Gasteiger partial charge in [0, 0.05) is 43.2 Å². The minimum atomic E-state index is -0.0971. The first-order chi connectivity index (χ1) is 13.5. The number of hydrogen-bond donors (Lipinski definition) is 2. The molecule has 1 saturated heterocycles. The highest BCUT2D eigenvalue weighted by Crippen LogP contribution is 2.22. The Balaban J connectivity index is 1.49. The lowest BCUT2D eigenvalue weighted by atomic mass is 10.1. The van der Waals surface area contributed by atoms with Gasteiger partial charge in [0.05, 0.1) is 6.04 Å². The lowest BCUT2D eigenvalue weighted by Gasteiger charge is -2.35. The van der Waals surface area contributed by atoms with E-state index in [4.69, 9.17) is 0 Å². The van der Waals surface area contributed by atoms with Gasteiger partial charge in [-0.15, -0.1) is 11.3 Å². The Hall–Kier alpha value is -2.58. The van der Waals surface area contributed by atoms with E-state index in [-0.39, 0.29) is 23.7 Å². The van der Waals surface area contributed by atoms with Crippen LogP contribution in [0.5, 0.6) is 5.75 Å². The molecule has 28 heavy (non-hydrogen) atoms. The summed E-state index contributed by atoms with van der Waals surface area (Å²) in [5, 5.41) is 14.4. The van der Waals surface area contributed by atoms with Crippen LogP contribution in [0.2, 0.25) is 0 Å². The molecule has 2 aromatic rings. The van der Waals surface area contributed by atoms with Gasteiger partial charge in [-0.3, -0.25) is 4.79 Å². The van der Waals surface area contributed by atoms with Crippen molar-refractivity contribution in [3.05, 3.63) is 52.2 Å². The molecule has 3 amide bonds. The third-order valence-corrected chi connectivity index (χ3v) is 5.88. The second-order valence-corrected chi connectivity index (χ2v) is 7.99. The summed E-state index contributed by atoms with van der Waals surface area (Å²) in [7, 11) is 4.01. The minimum absolute atomic E-state index is 0.0783. The number of benzene rings is 1. The molecule has 2 N–H and O–H groups in total. The van der Waals surface area contributed by atoms with E-state index in [1.165, 1.54) is 17.0 Å². The molecule has 0 saturated carbocycles. The summed E-state index contributed by atoms with van der Waals surface area (Å²) in [6.07, 6.45) is 0. The Morgan fingerprint density at radius 3 is 2.32 bits per heavy atom. The Kier molecular flexibility index (Phi) is 6.53. The smallest absolute Gasteiger partial charge is 0.317 e. The van der Waals surface area contributed by atoms with Gasteiger partial charge in [0.25, 0.3) is 5.91 Å². The summed E-state index contributed by atoms with van der Waals surface area (Å²) >= 11 is 1.68. The molecule has 0 aliphatic carbocycles. The van der Waals surface area contributed by atoms with Crippen LogP contribution in [0.1, 0.15) is 21.3 Å². The number of urea groups is 1. The molecule has 0 bridgehead atoms. The van der Waals surface area contributed by atoms with Crippen molar-refractivity contribution in [2.75, 3.05) is 46.8 Å². The van der Waals surface area contributed by atoms with E-state index in [9.17, 15) is 14.7 Å². The van der Waals surface area contributed by atoms with E-state index in [1.807, 2.05) is 25.5 Å². The van der Waals surface area contributed by atoms with Crippen molar-refractivity contribution in [2.45, 2.75) is 6.04 Å². The molecule has 8 heteroatoms. The number of aromatic hydroxyl groups is 1. The number of carbonyl (C=O) groups excluding carboxylic acids is 2. The molecule has 1 unspecified atom stereocenters. The topological polar surface area (TPSA) is 76.1 Å². The highest BCUT2D eigenvalue weighted by Gasteiger charge is 2.25. The van der Waals surface area contributed by atoms with Crippen LogP contribution in [-0.4, -0.2) is 78.6 Å². The zero-order valence-corrected chi connectivity index (χ0v) is 17.0. The number of piperazine rings is 1. The first kappa shape index (κ1) is 20.2. The number of phenols is 1. The molecule has 2 heterocycles. The monoisotopic (exact) mass is 402 g/mol. The zero-order valence-electron chi connectivity index (χ0n) is 16.2. The van der Waals surface area contributed by atoms with E-state index in [2.05, 4.69) is 16.3 Å². The zero-order chi connectivity index (χ0) is 20.1. The Bertz CT molecular complexity index is 784. The second kappa shape index (κ2) is 9.07. The normalized spacial score (nSPS) is 15.5.